The van der Waals surface area contributed by atoms with E-state index in [1.807, 2.05) is 6.92 Å². The lowest BCUT2D eigenvalue weighted by molar-refractivity contribution is 0.360. The third kappa shape index (κ3) is 5.34. The van der Waals surface area contributed by atoms with Crippen molar-refractivity contribution in [1.82, 2.24) is 0 Å². The van der Waals surface area contributed by atoms with E-state index in [9.17, 15) is 8.42 Å². The molecule has 4 heteroatoms. The van der Waals surface area contributed by atoms with Crippen LogP contribution < -0.4 is 0 Å². The molecule has 1 rings (SSSR count). The minimum absolute atomic E-state index is 0.359. The van der Waals surface area contributed by atoms with Gasteiger partial charge in [-0.2, -0.15) is 0 Å². The smallest absolute Gasteiger partial charge is 0.150 e. The summed E-state index contributed by atoms with van der Waals surface area (Å²) >= 11 is 3.63. The maximum atomic E-state index is 11.5. The molecule has 1 saturated carbocycles. The van der Waals surface area contributed by atoms with Crippen molar-refractivity contribution >= 4 is 25.8 Å². The Kier molecular flexibility index (Phi) is 5.61. The zero-order chi connectivity index (χ0) is 11.3. The van der Waals surface area contributed by atoms with E-state index in [1.54, 1.807) is 0 Å². The second-order valence-corrected chi connectivity index (χ2v) is 8.17. The summed E-state index contributed by atoms with van der Waals surface area (Å²) in [4.78, 5) is 0.616. The average Bonchev–Trinajstić information content (AvgIpc) is 2.15. The molecule has 0 N–H and O–H groups in total. The second kappa shape index (κ2) is 6.24. The van der Waals surface area contributed by atoms with Gasteiger partial charge in [-0.25, -0.2) is 8.42 Å². The monoisotopic (exact) mass is 296 g/mol. The van der Waals surface area contributed by atoms with Crippen LogP contribution in [0.2, 0.25) is 0 Å². The summed E-state index contributed by atoms with van der Waals surface area (Å²) in [7, 11) is -2.76. The Morgan fingerprint density at radius 3 is 2.60 bits per heavy atom. The van der Waals surface area contributed by atoms with Crippen molar-refractivity contribution in [1.29, 1.82) is 0 Å². The van der Waals surface area contributed by atoms with Crippen molar-refractivity contribution < 1.29 is 8.42 Å². The Bertz CT molecular complexity index is 274. The van der Waals surface area contributed by atoms with Crippen molar-refractivity contribution in [3.8, 4) is 0 Å². The zero-order valence-electron chi connectivity index (χ0n) is 9.41. The molecule has 0 aromatic carbocycles. The van der Waals surface area contributed by atoms with E-state index in [0.717, 1.165) is 19.3 Å². The van der Waals surface area contributed by atoms with E-state index in [2.05, 4.69) is 15.9 Å². The van der Waals surface area contributed by atoms with E-state index in [4.69, 9.17) is 0 Å². The molecule has 1 fully saturated rings. The van der Waals surface area contributed by atoms with Gasteiger partial charge < -0.3 is 0 Å². The normalized spacial score (nSPS) is 27.9. The van der Waals surface area contributed by atoms with Crippen LogP contribution in [0.4, 0.5) is 0 Å². The minimum Gasteiger partial charge on any atom is -0.229 e. The van der Waals surface area contributed by atoms with Gasteiger partial charge in [-0.05, 0) is 31.6 Å². The first-order valence-electron chi connectivity index (χ1n) is 5.88. The fourth-order valence-electron chi connectivity index (χ4n) is 2.25. The molecule has 2 nitrogen and oxygen atoms in total. The maximum Gasteiger partial charge on any atom is 0.150 e. The molecule has 2 atom stereocenters. The molecule has 0 amide bonds. The fourth-order valence-corrected chi connectivity index (χ4v) is 4.62. The Morgan fingerprint density at radius 2 is 2.00 bits per heavy atom. The Morgan fingerprint density at radius 1 is 1.27 bits per heavy atom. The third-order valence-corrected chi connectivity index (χ3v) is 5.79. The lowest BCUT2D eigenvalue weighted by Crippen LogP contribution is -2.19. The summed E-state index contributed by atoms with van der Waals surface area (Å²) in [5.41, 5.74) is 0. The first-order valence-corrected chi connectivity index (χ1v) is 8.61. The minimum atomic E-state index is -2.76. The number of halogens is 1. The highest BCUT2D eigenvalue weighted by molar-refractivity contribution is 9.09. The summed E-state index contributed by atoms with van der Waals surface area (Å²) in [5, 5.41) is 0. The van der Waals surface area contributed by atoms with E-state index in [1.165, 1.54) is 19.3 Å². The van der Waals surface area contributed by atoms with Gasteiger partial charge in [-0.15, -0.1) is 0 Å². The molecule has 0 aliphatic heterocycles. The lowest BCUT2D eigenvalue weighted by Gasteiger charge is -2.25. The fraction of sp³-hybridized carbons (Fsp3) is 1.00. The van der Waals surface area contributed by atoms with Gasteiger partial charge in [0.2, 0.25) is 0 Å². The SMILES string of the molecule is CCCS(=O)(=O)CCC1CCCC(Br)C1. The molecule has 90 valence electrons. The van der Waals surface area contributed by atoms with Gasteiger partial charge in [-0.1, -0.05) is 35.7 Å². The first-order chi connectivity index (χ1) is 7.03. The first kappa shape index (κ1) is 13.5. The Hall–Kier alpha value is 0.430. The number of hydrogen-bond acceptors (Lipinski definition) is 2. The maximum absolute atomic E-state index is 11.5. The van der Waals surface area contributed by atoms with Gasteiger partial charge in [0, 0.05) is 10.6 Å². The highest BCUT2D eigenvalue weighted by Crippen LogP contribution is 2.31. The van der Waals surface area contributed by atoms with Crippen LogP contribution in [-0.2, 0) is 9.84 Å². The number of sulfone groups is 1. The van der Waals surface area contributed by atoms with Gasteiger partial charge in [0.1, 0.15) is 9.84 Å². The van der Waals surface area contributed by atoms with Crippen LogP contribution in [0.25, 0.3) is 0 Å². The molecule has 0 aromatic heterocycles. The summed E-state index contributed by atoms with van der Waals surface area (Å²) < 4.78 is 23.1. The zero-order valence-corrected chi connectivity index (χ0v) is 11.8. The summed E-state index contributed by atoms with van der Waals surface area (Å²) in [5.74, 6) is 1.37. The molecule has 0 saturated heterocycles. The summed E-state index contributed by atoms with van der Waals surface area (Å²) in [6, 6.07) is 0. The number of hydrogen-bond donors (Lipinski definition) is 0. The Balaban J connectivity index is 2.30. The topological polar surface area (TPSA) is 34.1 Å². The molecule has 1 aliphatic rings. The third-order valence-electron chi connectivity index (χ3n) is 3.07. The van der Waals surface area contributed by atoms with Gasteiger partial charge >= 0.3 is 0 Å². The Labute approximate surface area is 102 Å². The van der Waals surface area contributed by atoms with Crippen LogP contribution in [0.1, 0.15) is 45.4 Å². The number of alkyl halides is 1. The van der Waals surface area contributed by atoms with Crippen LogP contribution >= 0.6 is 15.9 Å². The predicted octanol–water partition coefficient (Wildman–Crippen LogP) is 3.16. The molecular weight excluding hydrogens is 276 g/mol. The number of rotatable bonds is 5. The van der Waals surface area contributed by atoms with Crippen LogP contribution in [-0.4, -0.2) is 24.8 Å². The van der Waals surface area contributed by atoms with Crippen molar-refractivity contribution in [3.05, 3.63) is 0 Å². The molecular formula is C11H21BrO2S. The molecule has 0 radical (unpaired) electrons. The molecule has 2 unspecified atom stereocenters. The van der Waals surface area contributed by atoms with Gasteiger partial charge in [-0.3, -0.25) is 0 Å². The van der Waals surface area contributed by atoms with Crippen LogP contribution in [0.15, 0.2) is 0 Å². The quantitative estimate of drug-likeness (QED) is 0.731. The lowest BCUT2D eigenvalue weighted by atomic mass is 9.87. The molecule has 1 aliphatic carbocycles. The van der Waals surface area contributed by atoms with Gasteiger partial charge in [0.05, 0.1) is 5.75 Å². The molecule has 0 heterocycles. The summed E-state index contributed by atoms with van der Waals surface area (Å²) in [6.45, 7) is 1.92. The van der Waals surface area contributed by atoms with Crippen molar-refractivity contribution in [2.45, 2.75) is 50.3 Å². The van der Waals surface area contributed by atoms with Gasteiger partial charge in [0.25, 0.3) is 0 Å². The van der Waals surface area contributed by atoms with Crippen molar-refractivity contribution in [2.24, 2.45) is 5.92 Å². The van der Waals surface area contributed by atoms with Crippen molar-refractivity contribution in [2.75, 3.05) is 11.5 Å². The van der Waals surface area contributed by atoms with Crippen molar-refractivity contribution in [3.63, 3.8) is 0 Å². The predicted molar refractivity (Wildman–Crippen MR) is 68.2 cm³/mol. The standard InChI is InChI=1S/C11H21BrO2S/c1-2-7-15(13,14)8-6-10-4-3-5-11(12)9-10/h10-11H,2-9H2,1H3. The molecule has 15 heavy (non-hydrogen) atoms. The second-order valence-electron chi connectivity index (χ2n) is 4.57. The molecule has 0 spiro atoms. The largest absolute Gasteiger partial charge is 0.229 e. The van der Waals surface area contributed by atoms with Crippen LogP contribution in [0.3, 0.4) is 0 Å². The molecule has 0 aromatic rings. The highest BCUT2D eigenvalue weighted by Gasteiger charge is 2.21. The van der Waals surface area contributed by atoms with Gasteiger partial charge in [0.15, 0.2) is 0 Å². The van der Waals surface area contributed by atoms with E-state index < -0.39 is 9.84 Å². The van der Waals surface area contributed by atoms with E-state index in [-0.39, 0.29) is 0 Å². The van der Waals surface area contributed by atoms with E-state index >= 15 is 0 Å². The van der Waals surface area contributed by atoms with Crippen LogP contribution in [0, 0.1) is 5.92 Å². The van der Waals surface area contributed by atoms with E-state index in [0.29, 0.717) is 22.3 Å². The van der Waals surface area contributed by atoms with Crippen LogP contribution in [0.5, 0.6) is 0 Å². The summed E-state index contributed by atoms with van der Waals surface area (Å²) in [6.07, 6.45) is 6.47. The molecule has 0 bridgehead atoms. The average molecular weight is 297 g/mol. The highest BCUT2D eigenvalue weighted by atomic mass is 79.9.